The Labute approximate surface area is 148 Å². The minimum absolute atomic E-state index is 0.0598. The number of rotatable bonds is 2. The normalized spacial score (nSPS) is 20.1. The number of carbonyl (C=O) groups is 1. The average Bonchev–Trinajstić information content (AvgIpc) is 3.00. The Kier molecular flexibility index (Phi) is 4.55. The van der Waals surface area contributed by atoms with Crippen molar-refractivity contribution in [3.8, 4) is 0 Å². The van der Waals surface area contributed by atoms with Crippen LogP contribution in [0.4, 0.5) is 10.6 Å². The molecular formula is C20H24N4O. The number of pyridine rings is 1. The first-order chi connectivity index (χ1) is 12.3. The van der Waals surface area contributed by atoms with Crippen LogP contribution in [0.5, 0.6) is 0 Å². The van der Waals surface area contributed by atoms with Crippen molar-refractivity contribution in [3.63, 3.8) is 0 Å². The summed E-state index contributed by atoms with van der Waals surface area (Å²) >= 11 is 0. The number of anilines is 1. The molecule has 2 aromatic rings. The van der Waals surface area contributed by atoms with Gasteiger partial charge in [0.2, 0.25) is 0 Å². The molecule has 5 heteroatoms. The van der Waals surface area contributed by atoms with Crippen LogP contribution in [0.3, 0.4) is 0 Å². The van der Waals surface area contributed by atoms with Crippen LogP contribution in [0, 0.1) is 0 Å². The van der Waals surface area contributed by atoms with E-state index in [0.29, 0.717) is 6.54 Å². The highest BCUT2D eigenvalue weighted by Gasteiger charge is 2.27. The summed E-state index contributed by atoms with van der Waals surface area (Å²) in [6.07, 6.45) is 4.86. The van der Waals surface area contributed by atoms with Crippen LogP contribution in [0.1, 0.15) is 24.0 Å². The molecule has 0 bridgehead atoms. The number of benzene rings is 1. The van der Waals surface area contributed by atoms with E-state index < -0.39 is 0 Å². The molecular weight excluding hydrogens is 312 g/mol. The quantitative estimate of drug-likeness (QED) is 0.917. The zero-order valence-corrected chi connectivity index (χ0v) is 14.4. The van der Waals surface area contributed by atoms with Gasteiger partial charge in [-0.1, -0.05) is 30.3 Å². The lowest BCUT2D eigenvalue weighted by Crippen LogP contribution is -2.45. The summed E-state index contributed by atoms with van der Waals surface area (Å²) < 4.78 is 0. The molecule has 1 saturated heterocycles. The molecule has 2 amide bonds. The van der Waals surface area contributed by atoms with Gasteiger partial charge in [-0.15, -0.1) is 0 Å². The molecule has 1 aromatic carbocycles. The third-order valence-electron chi connectivity index (χ3n) is 5.13. The average molecular weight is 336 g/mol. The van der Waals surface area contributed by atoms with Crippen LogP contribution in [-0.2, 0) is 13.0 Å². The fourth-order valence-electron chi connectivity index (χ4n) is 3.77. The summed E-state index contributed by atoms with van der Waals surface area (Å²) in [7, 11) is 0. The Morgan fingerprint density at radius 3 is 2.76 bits per heavy atom. The van der Waals surface area contributed by atoms with Crippen molar-refractivity contribution >= 4 is 11.8 Å². The molecule has 0 radical (unpaired) electrons. The van der Waals surface area contributed by atoms with Crippen molar-refractivity contribution in [1.82, 2.24) is 15.2 Å². The SMILES string of the molecule is O=C(NC1CCN(c2ccccn2)C1)N1CCCc2ccccc2C1. The van der Waals surface area contributed by atoms with Gasteiger partial charge >= 0.3 is 6.03 Å². The van der Waals surface area contributed by atoms with Crippen molar-refractivity contribution in [2.75, 3.05) is 24.5 Å². The minimum atomic E-state index is 0.0598. The molecule has 25 heavy (non-hydrogen) atoms. The first kappa shape index (κ1) is 15.9. The van der Waals surface area contributed by atoms with Gasteiger partial charge in [0, 0.05) is 38.4 Å². The maximum Gasteiger partial charge on any atom is 0.317 e. The minimum Gasteiger partial charge on any atom is -0.354 e. The summed E-state index contributed by atoms with van der Waals surface area (Å²) in [5.41, 5.74) is 2.65. The van der Waals surface area contributed by atoms with Gasteiger partial charge in [-0.2, -0.15) is 0 Å². The lowest BCUT2D eigenvalue weighted by atomic mass is 10.0. The predicted molar refractivity (Wildman–Crippen MR) is 98.6 cm³/mol. The summed E-state index contributed by atoms with van der Waals surface area (Å²) in [6.45, 7) is 3.29. The molecule has 0 spiro atoms. The number of hydrogen-bond donors (Lipinski definition) is 1. The number of urea groups is 1. The molecule has 3 heterocycles. The van der Waals surface area contributed by atoms with Crippen molar-refractivity contribution < 1.29 is 4.79 Å². The molecule has 2 aliphatic rings. The Bertz CT molecular complexity index is 733. The maximum atomic E-state index is 12.7. The van der Waals surface area contributed by atoms with E-state index in [0.717, 1.165) is 44.7 Å². The monoisotopic (exact) mass is 336 g/mol. The van der Waals surface area contributed by atoms with E-state index in [1.807, 2.05) is 29.3 Å². The molecule has 1 fully saturated rings. The summed E-state index contributed by atoms with van der Waals surface area (Å²) in [6, 6.07) is 14.7. The molecule has 130 valence electrons. The van der Waals surface area contributed by atoms with Crippen molar-refractivity contribution in [3.05, 3.63) is 59.8 Å². The lowest BCUT2D eigenvalue weighted by Gasteiger charge is -2.24. The van der Waals surface area contributed by atoms with Gasteiger partial charge in [-0.05, 0) is 42.5 Å². The fourth-order valence-corrected chi connectivity index (χ4v) is 3.77. The lowest BCUT2D eigenvalue weighted by molar-refractivity contribution is 0.192. The molecule has 1 N–H and O–H groups in total. The highest BCUT2D eigenvalue weighted by molar-refractivity contribution is 5.75. The van der Waals surface area contributed by atoms with E-state index in [1.165, 1.54) is 11.1 Å². The largest absolute Gasteiger partial charge is 0.354 e. The van der Waals surface area contributed by atoms with Crippen LogP contribution in [0.15, 0.2) is 48.7 Å². The van der Waals surface area contributed by atoms with Crippen LogP contribution >= 0.6 is 0 Å². The number of nitrogens with one attached hydrogen (secondary N) is 1. The zero-order valence-electron chi connectivity index (χ0n) is 14.4. The molecule has 4 rings (SSSR count). The van der Waals surface area contributed by atoms with Gasteiger partial charge in [-0.3, -0.25) is 0 Å². The molecule has 1 aromatic heterocycles. The van der Waals surface area contributed by atoms with Gasteiger partial charge in [0.25, 0.3) is 0 Å². The summed E-state index contributed by atoms with van der Waals surface area (Å²) in [5.74, 6) is 0.989. The fraction of sp³-hybridized carbons (Fsp3) is 0.400. The number of fused-ring (bicyclic) bond motifs is 1. The topological polar surface area (TPSA) is 48.5 Å². The second kappa shape index (κ2) is 7.13. The first-order valence-electron chi connectivity index (χ1n) is 9.08. The van der Waals surface area contributed by atoms with Gasteiger partial charge in [0.15, 0.2) is 0 Å². The Morgan fingerprint density at radius 1 is 1.08 bits per heavy atom. The molecule has 1 unspecified atom stereocenters. The van der Waals surface area contributed by atoms with E-state index in [2.05, 4.69) is 39.5 Å². The smallest absolute Gasteiger partial charge is 0.317 e. The highest BCUT2D eigenvalue weighted by atomic mass is 16.2. The molecule has 2 aliphatic heterocycles. The van der Waals surface area contributed by atoms with Crippen LogP contribution in [0.25, 0.3) is 0 Å². The Morgan fingerprint density at radius 2 is 1.92 bits per heavy atom. The van der Waals surface area contributed by atoms with Crippen LogP contribution in [-0.4, -0.2) is 41.6 Å². The van der Waals surface area contributed by atoms with Gasteiger partial charge in [-0.25, -0.2) is 9.78 Å². The standard InChI is InChI=1S/C20H24N4O/c25-20(24-12-5-8-16-6-1-2-7-17(16)14-24)22-18-10-13-23(15-18)19-9-3-4-11-21-19/h1-4,6-7,9,11,18H,5,8,10,12-15H2,(H,22,25). The summed E-state index contributed by atoms with van der Waals surface area (Å²) in [5, 5.41) is 3.22. The zero-order chi connectivity index (χ0) is 17.1. The highest BCUT2D eigenvalue weighted by Crippen LogP contribution is 2.20. The number of amides is 2. The van der Waals surface area contributed by atoms with E-state index in [-0.39, 0.29) is 12.1 Å². The molecule has 0 saturated carbocycles. The van der Waals surface area contributed by atoms with E-state index in [4.69, 9.17) is 0 Å². The van der Waals surface area contributed by atoms with Crippen molar-refractivity contribution in [2.45, 2.75) is 31.8 Å². The van der Waals surface area contributed by atoms with E-state index in [1.54, 1.807) is 0 Å². The Balaban J connectivity index is 1.36. The summed E-state index contributed by atoms with van der Waals surface area (Å²) in [4.78, 5) is 21.3. The molecule has 5 nitrogen and oxygen atoms in total. The van der Waals surface area contributed by atoms with Crippen LogP contribution in [0.2, 0.25) is 0 Å². The van der Waals surface area contributed by atoms with E-state index >= 15 is 0 Å². The van der Waals surface area contributed by atoms with Crippen molar-refractivity contribution in [2.24, 2.45) is 0 Å². The molecule has 0 aliphatic carbocycles. The number of aryl methyl sites for hydroxylation is 1. The maximum absolute atomic E-state index is 12.7. The Hall–Kier alpha value is -2.56. The van der Waals surface area contributed by atoms with Gasteiger partial charge in [0.1, 0.15) is 5.82 Å². The third kappa shape index (κ3) is 3.60. The number of carbonyl (C=O) groups excluding carboxylic acids is 1. The van der Waals surface area contributed by atoms with Crippen LogP contribution < -0.4 is 10.2 Å². The third-order valence-corrected chi connectivity index (χ3v) is 5.13. The molecule has 1 atom stereocenters. The number of nitrogens with zero attached hydrogens (tertiary/aromatic N) is 3. The second-order valence-corrected chi connectivity index (χ2v) is 6.86. The van der Waals surface area contributed by atoms with Gasteiger partial charge < -0.3 is 15.1 Å². The number of aromatic nitrogens is 1. The van der Waals surface area contributed by atoms with E-state index in [9.17, 15) is 4.79 Å². The van der Waals surface area contributed by atoms with Gasteiger partial charge in [0.05, 0.1) is 0 Å². The second-order valence-electron chi connectivity index (χ2n) is 6.86. The predicted octanol–water partition coefficient (Wildman–Crippen LogP) is 2.82. The van der Waals surface area contributed by atoms with Crippen molar-refractivity contribution in [1.29, 1.82) is 0 Å². The first-order valence-corrected chi connectivity index (χ1v) is 9.08. The number of hydrogen-bond acceptors (Lipinski definition) is 3.